The molecule has 0 atom stereocenters. The van der Waals surface area contributed by atoms with E-state index in [0.29, 0.717) is 11.5 Å². The third-order valence-electron chi connectivity index (χ3n) is 2.93. The van der Waals surface area contributed by atoms with E-state index in [2.05, 4.69) is 25.8 Å². The standard InChI is InChI=1S/C15H9ClF3N5/c16-10-5-8(1-3-11(10)17)21-14-7-20-24-15(23-14)22-9-2-4-12(18)13(19)6-9/h1-7H,(H2,21,22,23,24). The summed E-state index contributed by atoms with van der Waals surface area (Å²) in [6.07, 6.45) is 1.34. The van der Waals surface area contributed by atoms with Crippen LogP contribution in [0.15, 0.2) is 42.6 Å². The van der Waals surface area contributed by atoms with Gasteiger partial charge in [-0.15, -0.1) is 5.10 Å². The van der Waals surface area contributed by atoms with E-state index in [1.807, 2.05) is 0 Å². The minimum Gasteiger partial charge on any atom is -0.339 e. The third kappa shape index (κ3) is 3.72. The zero-order chi connectivity index (χ0) is 17.1. The molecule has 0 saturated heterocycles. The lowest BCUT2D eigenvalue weighted by Crippen LogP contribution is -2.03. The van der Waals surface area contributed by atoms with Gasteiger partial charge in [-0.25, -0.2) is 13.2 Å². The average molecular weight is 352 g/mol. The Morgan fingerprint density at radius 2 is 1.54 bits per heavy atom. The minimum absolute atomic E-state index is 0.0397. The number of benzene rings is 2. The molecule has 0 unspecified atom stereocenters. The molecule has 5 nitrogen and oxygen atoms in total. The van der Waals surface area contributed by atoms with Crippen molar-refractivity contribution in [3.8, 4) is 0 Å². The molecule has 24 heavy (non-hydrogen) atoms. The second-order valence-corrected chi connectivity index (χ2v) is 5.08. The summed E-state index contributed by atoms with van der Waals surface area (Å²) in [4.78, 5) is 4.12. The Balaban J connectivity index is 1.78. The first-order chi connectivity index (χ1) is 11.5. The molecule has 0 aliphatic heterocycles. The molecule has 0 saturated carbocycles. The summed E-state index contributed by atoms with van der Waals surface area (Å²) < 4.78 is 39.2. The van der Waals surface area contributed by atoms with Crippen molar-refractivity contribution in [3.05, 3.63) is 65.1 Å². The summed E-state index contributed by atoms with van der Waals surface area (Å²) in [6.45, 7) is 0. The van der Waals surface area contributed by atoms with E-state index in [1.165, 1.54) is 30.5 Å². The summed E-state index contributed by atoms with van der Waals surface area (Å²) in [5.41, 5.74) is 0.762. The molecule has 0 aliphatic rings. The molecular weight excluding hydrogens is 343 g/mol. The average Bonchev–Trinajstić information content (AvgIpc) is 2.55. The minimum atomic E-state index is -0.997. The zero-order valence-corrected chi connectivity index (χ0v) is 12.7. The molecule has 9 heteroatoms. The first kappa shape index (κ1) is 16.0. The predicted octanol–water partition coefficient (Wildman–Crippen LogP) is 4.43. The molecule has 1 heterocycles. The van der Waals surface area contributed by atoms with Crippen LogP contribution in [0.5, 0.6) is 0 Å². The quantitative estimate of drug-likeness (QED) is 0.728. The van der Waals surface area contributed by atoms with Crippen LogP contribution >= 0.6 is 11.6 Å². The number of anilines is 4. The zero-order valence-electron chi connectivity index (χ0n) is 11.9. The highest BCUT2D eigenvalue weighted by atomic mass is 35.5. The van der Waals surface area contributed by atoms with Crippen molar-refractivity contribution in [1.82, 2.24) is 15.2 Å². The van der Waals surface area contributed by atoms with Crippen molar-refractivity contribution < 1.29 is 13.2 Å². The topological polar surface area (TPSA) is 62.7 Å². The molecule has 0 bridgehead atoms. The molecule has 0 spiro atoms. The van der Waals surface area contributed by atoms with Gasteiger partial charge in [0.1, 0.15) is 5.82 Å². The second kappa shape index (κ2) is 6.71. The fourth-order valence-electron chi connectivity index (χ4n) is 1.84. The molecule has 0 amide bonds. The Hall–Kier alpha value is -2.87. The van der Waals surface area contributed by atoms with Crippen LogP contribution in [0.2, 0.25) is 5.02 Å². The summed E-state index contributed by atoms with van der Waals surface area (Å²) in [6, 6.07) is 7.36. The van der Waals surface area contributed by atoms with Crippen LogP contribution in [0.4, 0.5) is 36.3 Å². The van der Waals surface area contributed by atoms with Crippen LogP contribution in [0.1, 0.15) is 0 Å². The number of hydrogen-bond acceptors (Lipinski definition) is 5. The Bertz CT molecular complexity index is 822. The number of aromatic nitrogens is 3. The molecule has 3 aromatic rings. The van der Waals surface area contributed by atoms with E-state index in [0.717, 1.165) is 12.1 Å². The Kier molecular flexibility index (Phi) is 4.48. The number of rotatable bonds is 4. The lowest BCUT2D eigenvalue weighted by molar-refractivity contribution is 0.509. The van der Waals surface area contributed by atoms with Gasteiger partial charge in [0.05, 0.1) is 11.2 Å². The second-order valence-electron chi connectivity index (χ2n) is 4.67. The fraction of sp³-hybridized carbons (Fsp3) is 0. The van der Waals surface area contributed by atoms with Gasteiger partial charge in [-0.2, -0.15) is 10.1 Å². The maximum atomic E-state index is 13.2. The van der Waals surface area contributed by atoms with E-state index < -0.39 is 17.5 Å². The molecule has 2 N–H and O–H groups in total. The number of halogens is 4. The fourth-order valence-corrected chi connectivity index (χ4v) is 2.02. The van der Waals surface area contributed by atoms with E-state index in [9.17, 15) is 13.2 Å². The summed E-state index contributed by atoms with van der Waals surface area (Å²) >= 11 is 5.70. The van der Waals surface area contributed by atoms with Gasteiger partial charge in [0.15, 0.2) is 17.5 Å². The van der Waals surface area contributed by atoms with E-state index in [1.54, 1.807) is 0 Å². The highest BCUT2D eigenvalue weighted by Gasteiger charge is 2.06. The van der Waals surface area contributed by atoms with Gasteiger partial charge in [0.2, 0.25) is 5.95 Å². The molecule has 0 radical (unpaired) electrons. The summed E-state index contributed by atoms with van der Waals surface area (Å²) in [7, 11) is 0. The molecule has 2 aromatic carbocycles. The van der Waals surface area contributed by atoms with Gasteiger partial charge in [-0.05, 0) is 30.3 Å². The maximum absolute atomic E-state index is 13.2. The van der Waals surface area contributed by atoms with Crippen molar-refractivity contribution in [3.63, 3.8) is 0 Å². The Labute approximate surface area is 139 Å². The van der Waals surface area contributed by atoms with Crippen LogP contribution in [-0.4, -0.2) is 15.2 Å². The first-order valence-corrected chi connectivity index (χ1v) is 7.03. The molecule has 122 valence electrons. The number of nitrogens with zero attached hydrogens (tertiary/aromatic N) is 3. The molecular formula is C15H9ClF3N5. The monoisotopic (exact) mass is 351 g/mol. The van der Waals surface area contributed by atoms with Crippen LogP contribution in [0, 0.1) is 17.5 Å². The molecule has 0 fully saturated rings. The molecule has 0 aliphatic carbocycles. The van der Waals surface area contributed by atoms with Crippen LogP contribution in [0.25, 0.3) is 0 Å². The van der Waals surface area contributed by atoms with E-state index >= 15 is 0 Å². The molecule has 3 rings (SSSR count). The highest BCUT2D eigenvalue weighted by Crippen LogP contribution is 2.22. The van der Waals surface area contributed by atoms with Gasteiger partial charge in [0.25, 0.3) is 0 Å². The largest absolute Gasteiger partial charge is 0.339 e. The molecule has 1 aromatic heterocycles. The number of hydrogen-bond donors (Lipinski definition) is 2. The SMILES string of the molecule is Fc1ccc(Nc2nncc(Nc3ccc(F)c(Cl)c3)n2)cc1F. The summed E-state index contributed by atoms with van der Waals surface area (Å²) in [5, 5.41) is 13.0. The van der Waals surface area contributed by atoms with Crippen molar-refractivity contribution in [2.75, 3.05) is 10.6 Å². The van der Waals surface area contributed by atoms with Crippen molar-refractivity contribution in [2.24, 2.45) is 0 Å². The Morgan fingerprint density at radius 3 is 2.25 bits per heavy atom. The van der Waals surface area contributed by atoms with Gasteiger partial charge in [-0.1, -0.05) is 11.6 Å². The Morgan fingerprint density at radius 1 is 0.833 bits per heavy atom. The van der Waals surface area contributed by atoms with Crippen LogP contribution in [-0.2, 0) is 0 Å². The van der Waals surface area contributed by atoms with E-state index in [4.69, 9.17) is 11.6 Å². The van der Waals surface area contributed by atoms with Crippen molar-refractivity contribution in [2.45, 2.75) is 0 Å². The lowest BCUT2D eigenvalue weighted by Gasteiger charge is -2.08. The third-order valence-corrected chi connectivity index (χ3v) is 3.22. The van der Waals surface area contributed by atoms with Gasteiger partial charge >= 0.3 is 0 Å². The van der Waals surface area contributed by atoms with Gasteiger partial charge < -0.3 is 10.6 Å². The maximum Gasteiger partial charge on any atom is 0.249 e. The van der Waals surface area contributed by atoms with Crippen LogP contribution in [0.3, 0.4) is 0 Å². The van der Waals surface area contributed by atoms with Crippen LogP contribution < -0.4 is 10.6 Å². The summed E-state index contributed by atoms with van der Waals surface area (Å²) in [5.74, 6) is -2.12. The predicted molar refractivity (Wildman–Crippen MR) is 84.2 cm³/mol. The number of nitrogens with one attached hydrogen (secondary N) is 2. The van der Waals surface area contributed by atoms with Gasteiger partial charge in [0, 0.05) is 17.4 Å². The van der Waals surface area contributed by atoms with Crippen molar-refractivity contribution in [1.29, 1.82) is 0 Å². The smallest absolute Gasteiger partial charge is 0.249 e. The van der Waals surface area contributed by atoms with Crippen molar-refractivity contribution >= 4 is 34.7 Å². The normalized spacial score (nSPS) is 10.5. The first-order valence-electron chi connectivity index (χ1n) is 6.65. The van der Waals surface area contributed by atoms with Gasteiger partial charge in [-0.3, -0.25) is 0 Å². The lowest BCUT2D eigenvalue weighted by atomic mass is 10.3. The van der Waals surface area contributed by atoms with E-state index in [-0.39, 0.29) is 16.7 Å². The highest BCUT2D eigenvalue weighted by molar-refractivity contribution is 6.31.